The number of benzene rings is 1. The zero-order chi connectivity index (χ0) is 11.7. The van der Waals surface area contributed by atoms with Gasteiger partial charge < -0.3 is 5.11 Å². The van der Waals surface area contributed by atoms with Crippen molar-refractivity contribution >= 4 is 9.84 Å². The van der Waals surface area contributed by atoms with Gasteiger partial charge in [0, 0.05) is 0 Å². The second-order valence-electron chi connectivity index (χ2n) is 3.88. The highest BCUT2D eigenvalue weighted by molar-refractivity contribution is 7.92. The zero-order valence-electron chi connectivity index (χ0n) is 8.57. The van der Waals surface area contributed by atoms with Gasteiger partial charge in [-0.05, 0) is 38.1 Å². The Balaban J connectivity index is 3.24. The molecule has 0 aromatic heterocycles. The Kier molecular flexibility index (Phi) is 3.16. The van der Waals surface area contributed by atoms with Crippen LogP contribution in [0.3, 0.4) is 0 Å². The predicted octanol–water partition coefficient (Wildman–Crippen LogP) is 1.37. The molecule has 1 aromatic rings. The van der Waals surface area contributed by atoms with Crippen molar-refractivity contribution in [3.05, 3.63) is 30.1 Å². The van der Waals surface area contributed by atoms with Crippen molar-refractivity contribution in [2.45, 2.75) is 23.5 Å². The van der Waals surface area contributed by atoms with Crippen LogP contribution in [0.1, 0.15) is 13.8 Å². The second kappa shape index (κ2) is 3.90. The number of rotatable bonds is 3. The molecule has 0 radical (unpaired) electrons. The highest BCUT2D eigenvalue weighted by Crippen LogP contribution is 2.24. The van der Waals surface area contributed by atoms with Crippen LogP contribution in [0.25, 0.3) is 0 Å². The average molecular weight is 232 g/mol. The molecule has 3 nitrogen and oxygen atoms in total. The van der Waals surface area contributed by atoms with Crippen LogP contribution in [0.15, 0.2) is 29.2 Å². The number of hydrogen-bond donors (Lipinski definition) is 1. The third kappa shape index (κ3) is 2.18. The van der Waals surface area contributed by atoms with Crippen molar-refractivity contribution < 1.29 is 17.9 Å². The van der Waals surface area contributed by atoms with E-state index >= 15 is 0 Å². The van der Waals surface area contributed by atoms with Crippen LogP contribution in [0.5, 0.6) is 0 Å². The number of halogens is 1. The molecule has 84 valence electrons. The fourth-order valence-corrected chi connectivity index (χ4v) is 2.32. The van der Waals surface area contributed by atoms with Crippen molar-refractivity contribution in [3.8, 4) is 0 Å². The van der Waals surface area contributed by atoms with Crippen LogP contribution in [-0.2, 0) is 9.84 Å². The lowest BCUT2D eigenvalue weighted by molar-refractivity contribution is 0.258. The quantitative estimate of drug-likeness (QED) is 0.801. The van der Waals surface area contributed by atoms with E-state index in [9.17, 15) is 12.8 Å². The minimum atomic E-state index is -3.62. The van der Waals surface area contributed by atoms with Crippen molar-refractivity contribution in [1.29, 1.82) is 0 Å². The van der Waals surface area contributed by atoms with Crippen LogP contribution in [0.2, 0.25) is 0 Å². The Morgan fingerprint density at radius 1 is 1.27 bits per heavy atom. The van der Waals surface area contributed by atoms with E-state index in [0.717, 1.165) is 12.1 Å². The predicted molar refractivity (Wildman–Crippen MR) is 54.8 cm³/mol. The summed E-state index contributed by atoms with van der Waals surface area (Å²) in [4.78, 5) is 0.0166. The molecule has 0 amide bonds. The van der Waals surface area contributed by atoms with Gasteiger partial charge in [-0.15, -0.1) is 0 Å². The summed E-state index contributed by atoms with van der Waals surface area (Å²) in [5.74, 6) is -0.490. The van der Waals surface area contributed by atoms with E-state index in [2.05, 4.69) is 0 Å². The summed E-state index contributed by atoms with van der Waals surface area (Å²) in [5, 5.41) is 8.99. The van der Waals surface area contributed by atoms with Gasteiger partial charge in [-0.1, -0.05) is 0 Å². The van der Waals surface area contributed by atoms with Crippen LogP contribution < -0.4 is 0 Å². The summed E-state index contributed by atoms with van der Waals surface area (Å²) in [7, 11) is -3.62. The lowest BCUT2D eigenvalue weighted by atomic mass is 10.2. The first kappa shape index (κ1) is 12.1. The topological polar surface area (TPSA) is 54.4 Å². The first-order valence-electron chi connectivity index (χ1n) is 4.42. The van der Waals surface area contributed by atoms with E-state index in [1.807, 2.05) is 0 Å². The fraction of sp³-hybridized carbons (Fsp3) is 0.400. The highest BCUT2D eigenvalue weighted by Gasteiger charge is 2.34. The Labute approximate surface area is 88.5 Å². The van der Waals surface area contributed by atoms with Gasteiger partial charge in [0.05, 0.1) is 16.2 Å². The molecule has 5 heteroatoms. The molecule has 0 atom stereocenters. The van der Waals surface area contributed by atoms with E-state index in [-0.39, 0.29) is 4.90 Å². The molecule has 0 spiro atoms. The van der Waals surface area contributed by atoms with Crippen molar-refractivity contribution in [1.82, 2.24) is 0 Å². The fourth-order valence-electron chi connectivity index (χ4n) is 1.02. The minimum Gasteiger partial charge on any atom is -0.395 e. The molecule has 1 rings (SSSR count). The Hall–Kier alpha value is -0.940. The molecule has 0 aliphatic heterocycles. The monoisotopic (exact) mass is 232 g/mol. The number of hydrogen-bond acceptors (Lipinski definition) is 3. The second-order valence-corrected chi connectivity index (χ2v) is 6.46. The maximum atomic E-state index is 12.6. The van der Waals surface area contributed by atoms with Crippen molar-refractivity contribution in [2.75, 3.05) is 6.61 Å². The Morgan fingerprint density at radius 3 is 2.13 bits per heavy atom. The van der Waals surface area contributed by atoms with Crippen LogP contribution in [-0.4, -0.2) is 24.9 Å². The largest absolute Gasteiger partial charge is 0.395 e. The van der Waals surface area contributed by atoms with Crippen LogP contribution in [0, 0.1) is 5.82 Å². The number of aliphatic hydroxyl groups is 1. The first-order chi connectivity index (χ1) is 6.81. The molecule has 0 saturated heterocycles. The van der Waals surface area contributed by atoms with Gasteiger partial charge in [-0.3, -0.25) is 0 Å². The molecule has 0 unspecified atom stereocenters. The molecular formula is C10H13FO3S. The molecular weight excluding hydrogens is 219 g/mol. The lowest BCUT2D eigenvalue weighted by Crippen LogP contribution is -2.35. The molecule has 0 aliphatic rings. The van der Waals surface area contributed by atoms with Gasteiger partial charge in [0.2, 0.25) is 0 Å². The molecule has 0 fully saturated rings. The van der Waals surface area contributed by atoms with Crippen molar-refractivity contribution in [3.63, 3.8) is 0 Å². The van der Waals surface area contributed by atoms with Crippen LogP contribution in [0.4, 0.5) is 4.39 Å². The smallest absolute Gasteiger partial charge is 0.185 e. The van der Waals surface area contributed by atoms with Gasteiger partial charge in [0.25, 0.3) is 0 Å². The summed E-state index contributed by atoms with van der Waals surface area (Å²) >= 11 is 0. The highest BCUT2D eigenvalue weighted by atomic mass is 32.2. The minimum absolute atomic E-state index is 0.0166. The summed E-state index contributed by atoms with van der Waals surface area (Å²) < 4.78 is 35.2. The van der Waals surface area contributed by atoms with Crippen molar-refractivity contribution in [2.24, 2.45) is 0 Å². The molecule has 1 aromatic carbocycles. The molecule has 1 N–H and O–H groups in total. The summed E-state index contributed by atoms with van der Waals surface area (Å²) in [6, 6.07) is 4.56. The summed E-state index contributed by atoms with van der Waals surface area (Å²) in [5.41, 5.74) is 0. The Bertz CT molecular complexity index is 434. The third-order valence-electron chi connectivity index (χ3n) is 2.23. The average Bonchev–Trinajstić information content (AvgIpc) is 2.18. The summed E-state index contributed by atoms with van der Waals surface area (Å²) in [6.07, 6.45) is 0. The normalized spacial score (nSPS) is 12.8. The molecule has 15 heavy (non-hydrogen) atoms. The Morgan fingerprint density at radius 2 is 1.73 bits per heavy atom. The SMILES string of the molecule is CC(C)(CO)S(=O)(=O)c1ccc(F)cc1. The standard InChI is InChI=1S/C10H13FO3S/c1-10(2,7-12)15(13,14)9-5-3-8(11)4-6-9/h3-6,12H,7H2,1-2H3. The van der Waals surface area contributed by atoms with Crippen LogP contribution >= 0.6 is 0 Å². The van der Waals surface area contributed by atoms with E-state index in [0.29, 0.717) is 0 Å². The van der Waals surface area contributed by atoms with Gasteiger partial charge in [0.1, 0.15) is 5.82 Å². The number of aliphatic hydroxyl groups excluding tert-OH is 1. The van der Waals surface area contributed by atoms with Gasteiger partial charge in [-0.2, -0.15) is 0 Å². The maximum Gasteiger partial charge on any atom is 0.185 e. The number of sulfone groups is 1. The third-order valence-corrected chi connectivity index (χ3v) is 4.71. The van der Waals surface area contributed by atoms with Gasteiger partial charge in [0.15, 0.2) is 9.84 Å². The van der Waals surface area contributed by atoms with E-state index < -0.39 is 27.0 Å². The molecule has 0 saturated carbocycles. The van der Waals surface area contributed by atoms with E-state index in [4.69, 9.17) is 5.11 Å². The van der Waals surface area contributed by atoms with Gasteiger partial charge >= 0.3 is 0 Å². The molecule has 0 aliphatic carbocycles. The first-order valence-corrected chi connectivity index (χ1v) is 5.90. The molecule has 0 heterocycles. The van der Waals surface area contributed by atoms with E-state index in [1.54, 1.807) is 0 Å². The summed E-state index contributed by atoms with van der Waals surface area (Å²) in [6.45, 7) is 2.37. The van der Waals surface area contributed by atoms with Gasteiger partial charge in [-0.25, -0.2) is 12.8 Å². The molecule has 0 bridgehead atoms. The van der Waals surface area contributed by atoms with E-state index in [1.165, 1.54) is 26.0 Å². The maximum absolute atomic E-state index is 12.6. The zero-order valence-corrected chi connectivity index (χ0v) is 9.38. The lowest BCUT2D eigenvalue weighted by Gasteiger charge is -2.21.